The number of anilines is 1. The van der Waals surface area contributed by atoms with Crippen LogP contribution in [-0.4, -0.2) is 35.7 Å². The molecule has 0 spiro atoms. The van der Waals surface area contributed by atoms with Crippen LogP contribution in [0.1, 0.15) is 18.2 Å². The molecule has 1 aromatic heterocycles. The van der Waals surface area contributed by atoms with Gasteiger partial charge in [-0.25, -0.2) is 4.98 Å². The highest BCUT2D eigenvalue weighted by Crippen LogP contribution is 2.15. The number of nitrogens with zero attached hydrogens (tertiary/aromatic N) is 2. The Labute approximate surface area is 102 Å². The Morgan fingerprint density at radius 3 is 2.75 bits per heavy atom. The molecular formula is C12H20N2OS. The van der Waals surface area contributed by atoms with E-state index < -0.39 is 0 Å². The first-order chi connectivity index (χ1) is 7.71. The number of hydrogen-bond donors (Lipinski definition) is 1. The largest absolute Gasteiger partial charge is 0.392 e. The van der Waals surface area contributed by atoms with Gasteiger partial charge in [-0.1, -0.05) is 6.92 Å². The van der Waals surface area contributed by atoms with Crippen molar-refractivity contribution in [1.29, 1.82) is 0 Å². The van der Waals surface area contributed by atoms with Crippen LogP contribution in [0.3, 0.4) is 0 Å². The van der Waals surface area contributed by atoms with E-state index in [1.165, 1.54) is 0 Å². The lowest BCUT2D eigenvalue weighted by molar-refractivity contribution is 0.281. The van der Waals surface area contributed by atoms with Crippen LogP contribution in [0.25, 0.3) is 0 Å². The molecule has 0 unspecified atom stereocenters. The van der Waals surface area contributed by atoms with Crippen LogP contribution in [0.4, 0.5) is 5.82 Å². The molecule has 1 rings (SSSR count). The highest BCUT2D eigenvalue weighted by Gasteiger charge is 2.05. The van der Waals surface area contributed by atoms with Crippen molar-refractivity contribution in [2.24, 2.45) is 0 Å². The third-order valence-corrected chi connectivity index (χ3v) is 3.08. The second kappa shape index (κ2) is 6.76. The van der Waals surface area contributed by atoms with Gasteiger partial charge in [-0.3, -0.25) is 0 Å². The Morgan fingerprint density at radius 2 is 2.19 bits per heavy atom. The molecule has 1 N–H and O–H groups in total. The summed E-state index contributed by atoms with van der Waals surface area (Å²) in [7, 11) is 2.04. The van der Waals surface area contributed by atoms with E-state index in [1.807, 2.05) is 30.9 Å². The lowest BCUT2D eigenvalue weighted by Crippen LogP contribution is -2.22. The van der Waals surface area contributed by atoms with Crippen molar-refractivity contribution in [3.63, 3.8) is 0 Å². The zero-order valence-corrected chi connectivity index (χ0v) is 11.0. The zero-order valence-electron chi connectivity index (χ0n) is 10.2. The smallest absolute Gasteiger partial charge is 0.128 e. The average molecular weight is 240 g/mol. The summed E-state index contributed by atoms with van der Waals surface area (Å²) in [5.41, 5.74) is 1.98. The number of aliphatic hydroxyl groups is 1. The van der Waals surface area contributed by atoms with E-state index in [0.717, 1.165) is 35.8 Å². The number of aliphatic hydroxyl groups excluding tert-OH is 1. The lowest BCUT2D eigenvalue weighted by Gasteiger charge is -2.19. The minimum Gasteiger partial charge on any atom is -0.392 e. The van der Waals surface area contributed by atoms with E-state index in [9.17, 15) is 5.11 Å². The molecular weight excluding hydrogens is 220 g/mol. The molecule has 0 amide bonds. The van der Waals surface area contributed by atoms with Crippen molar-refractivity contribution in [3.05, 3.63) is 23.4 Å². The molecule has 0 saturated carbocycles. The van der Waals surface area contributed by atoms with E-state index >= 15 is 0 Å². The molecule has 0 radical (unpaired) electrons. The number of thioether (sulfide) groups is 1. The Kier molecular flexibility index (Phi) is 5.63. The minimum absolute atomic E-state index is 0.0822. The number of rotatable bonds is 6. The normalized spacial score (nSPS) is 10.5. The van der Waals surface area contributed by atoms with Crippen LogP contribution in [0.5, 0.6) is 0 Å². The van der Waals surface area contributed by atoms with Gasteiger partial charge < -0.3 is 10.0 Å². The summed E-state index contributed by atoms with van der Waals surface area (Å²) >= 11 is 1.83. The summed E-state index contributed by atoms with van der Waals surface area (Å²) in [6.45, 7) is 3.14. The molecule has 4 heteroatoms. The summed E-state index contributed by atoms with van der Waals surface area (Å²) < 4.78 is 0. The molecule has 3 nitrogen and oxygen atoms in total. The molecule has 0 fully saturated rings. The monoisotopic (exact) mass is 240 g/mol. The van der Waals surface area contributed by atoms with Gasteiger partial charge in [0.25, 0.3) is 0 Å². The number of aryl methyl sites for hydroxylation is 1. The summed E-state index contributed by atoms with van der Waals surface area (Å²) in [6, 6.07) is 3.92. The fourth-order valence-corrected chi connectivity index (χ4v) is 1.90. The van der Waals surface area contributed by atoms with Gasteiger partial charge in [0.15, 0.2) is 0 Å². The molecule has 1 heterocycles. The van der Waals surface area contributed by atoms with Gasteiger partial charge in [0.05, 0.1) is 6.61 Å². The fourth-order valence-electron chi connectivity index (χ4n) is 1.44. The van der Waals surface area contributed by atoms with Crippen molar-refractivity contribution in [2.45, 2.75) is 20.0 Å². The van der Waals surface area contributed by atoms with Crippen LogP contribution in [0, 0.1) is 0 Å². The predicted octanol–water partition coefficient (Wildman–Crippen LogP) is 1.94. The van der Waals surface area contributed by atoms with Gasteiger partial charge in [-0.05, 0) is 30.4 Å². The highest BCUT2D eigenvalue weighted by molar-refractivity contribution is 7.98. The highest BCUT2D eigenvalue weighted by atomic mass is 32.2. The van der Waals surface area contributed by atoms with E-state index in [1.54, 1.807) is 0 Å². The number of pyridine rings is 1. The topological polar surface area (TPSA) is 36.4 Å². The molecule has 90 valence electrons. The van der Waals surface area contributed by atoms with Crippen LogP contribution in [0.2, 0.25) is 0 Å². The average Bonchev–Trinajstić information content (AvgIpc) is 2.35. The third-order valence-electron chi connectivity index (χ3n) is 2.49. The summed E-state index contributed by atoms with van der Waals surface area (Å²) in [5.74, 6) is 2.04. The van der Waals surface area contributed by atoms with Crippen LogP contribution < -0.4 is 4.90 Å². The minimum atomic E-state index is 0.0822. The molecule has 0 saturated heterocycles. The SMILES string of the molecule is CCc1cc(CO)cc(N(C)CCSC)n1. The number of hydrogen-bond acceptors (Lipinski definition) is 4. The van der Waals surface area contributed by atoms with Gasteiger partial charge in [0, 0.05) is 25.0 Å². The maximum atomic E-state index is 9.19. The second-order valence-corrected chi connectivity index (χ2v) is 4.74. The van der Waals surface area contributed by atoms with Crippen molar-refractivity contribution in [3.8, 4) is 0 Å². The first-order valence-electron chi connectivity index (χ1n) is 5.52. The van der Waals surface area contributed by atoms with Crippen LogP contribution >= 0.6 is 11.8 Å². The first-order valence-corrected chi connectivity index (χ1v) is 6.91. The maximum Gasteiger partial charge on any atom is 0.128 e. The molecule has 0 aromatic carbocycles. The standard InChI is InChI=1S/C12H20N2OS/c1-4-11-7-10(9-15)8-12(13-11)14(2)5-6-16-3/h7-8,15H,4-6,9H2,1-3H3. The fraction of sp³-hybridized carbons (Fsp3) is 0.583. The number of aromatic nitrogens is 1. The van der Waals surface area contributed by atoms with Crippen LogP contribution in [0.15, 0.2) is 12.1 Å². The Hall–Kier alpha value is -0.740. The molecule has 0 bridgehead atoms. The molecule has 0 aliphatic rings. The van der Waals surface area contributed by atoms with Crippen molar-refractivity contribution in [1.82, 2.24) is 4.98 Å². The molecule has 1 aromatic rings. The summed E-state index contributed by atoms with van der Waals surface area (Å²) in [6.07, 6.45) is 3.00. The summed E-state index contributed by atoms with van der Waals surface area (Å²) in [4.78, 5) is 6.69. The second-order valence-electron chi connectivity index (χ2n) is 3.75. The predicted molar refractivity (Wildman–Crippen MR) is 71.2 cm³/mol. The zero-order chi connectivity index (χ0) is 12.0. The quantitative estimate of drug-likeness (QED) is 0.824. The Morgan fingerprint density at radius 1 is 1.44 bits per heavy atom. The van der Waals surface area contributed by atoms with E-state index in [4.69, 9.17) is 0 Å². The lowest BCUT2D eigenvalue weighted by atomic mass is 10.2. The van der Waals surface area contributed by atoms with Gasteiger partial charge in [-0.15, -0.1) is 0 Å². The van der Waals surface area contributed by atoms with Crippen LogP contribution in [-0.2, 0) is 13.0 Å². The van der Waals surface area contributed by atoms with Crippen molar-refractivity contribution in [2.75, 3.05) is 30.5 Å². The van der Waals surface area contributed by atoms with Crippen molar-refractivity contribution >= 4 is 17.6 Å². The third kappa shape index (κ3) is 3.68. The molecule has 16 heavy (non-hydrogen) atoms. The van der Waals surface area contributed by atoms with E-state index in [-0.39, 0.29) is 6.61 Å². The van der Waals surface area contributed by atoms with Gasteiger partial charge in [0.2, 0.25) is 0 Å². The Bertz CT molecular complexity index is 309. The molecule has 0 aliphatic heterocycles. The first kappa shape index (κ1) is 13.3. The molecule has 0 atom stereocenters. The van der Waals surface area contributed by atoms with Crippen molar-refractivity contribution < 1.29 is 5.11 Å². The summed E-state index contributed by atoms with van der Waals surface area (Å²) in [5, 5.41) is 9.19. The Balaban J connectivity index is 2.85. The van der Waals surface area contributed by atoms with Gasteiger partial charge in [0.1, 0.15) is 5.82 Å². The van der Waals surface area contributed by atoms with E-state index in [0.29, 0.717) is 0 Å². The van der Waals surface area contributed by atoms with E-state index in [2.05, 4.69) is 23.1 Å². The van der Waals surface area contributed by atoms with Gasteiger partial charge in [-0.2, -0.15) is 11.8 Å². The maximum absolute atomic E-state index is 9.19. The molecule has 0 aliphatic carbocycles. The van der Waals surface area contributed by atoms with Gasteiger partial charge >= 0.3 is 0 Å².